The lowest BCUT2D eigenvalue weighted by Gasteiger charge is -2.30. The van der Waals surface area contributed by atoms with Gasteiger partial charge in [-0.25, -0.2) is 17.2 Å². The molecule has 1 saturated heterocycles. The molecule has 0 unspecified atom stereocenters. The summed E-state index contributed by atoms with van der Waals surface area (Å²) in [6.07, 6.45) is -4.23. The second kappa shape index (κ2) is 8.91. The van der Waals surface area contributed by atoms with Crippen molar-refractivity contribution in [3.05, 3.63) is 65.2 Å². The monoisotopic (exact) mass is 463 g/mol. The first-order valence-corrected chi connectivity index (χ1v) is 10.7. The van der Waals surface area contributed by atoms with E-state index in [1.807, 2.05) is 0 Å². The molecule has 0 aromatic heterocycles. The Morgan fingerprint density at radius 2 is 1.65 bits per heavy atom. The lowest BCUT2D eigenvalue weighted by Crippen LogP contribution is -2.40. The Morgan fingerprint density at radius 1 is 1.03 bits per heavy atom. The molecule has 1 aliphatic rings. The zero-order chi connectivity index (χ0) is 22.8. The number of benzene rings is 2. The van der Waals surface area contributed by atoms with Crippen LogP contribution in [0.5, 0.6) is 0 Å². The minimum Gasteiger partial charge on any atom is -0.461 e. The van der Waals surface area contributed by atoms with Crippen molar-refractivity contribution < 1.29 is 39.9 Å². The lowest BCUT2D eigenvalue weighted by atomic mass is 9.98. The van der Waals surface area contributed by atoms with E-state index in [0.29, 0.717) is 11.6 Å². The number of ether oxygens (including phenoxy) is 1. The molecule has 0 amide bonds. The van der Waals surface area contributed by atoms with E-state index >= 15 is 0 Å². The number of esters is 1. The Hall–Kier alpha value is -2.53. The normalized spacial score (nSPS) is 16.3. The highest BCUT2D eigenvalue weighted by molar-refractivity contribution is 7.89. The number of piperidine rings is 1. The zero-order valence-corrected chi connectivity index (χ0v) is 16.8. The summed E-state index contributed by atoms with van der Waals surface area (Å²) in [5.41, 5.74) is -0.436. The van der Waals surface area contributed by atoms with Gasteiger partial charge in [0.25, 0.3) is 0 Å². The second-order valence-electron chi connectivity index (χ2n) is 7.06. The molecule has 11 heteroatoms. The Labute approximate surface area is 175 Å². The Balaban J connectivity index is 1.55. The highest BCUT2D eigenvalue weighted by Gasteiger charge is 2.34. The molecule has 2 aromatic rings. The summed E-state index contributed by atoms with van der Waals surface area (Å²) < 4.78 is 96.2. The van der Waals surface area contributed by atoms with E-state index < -0.39 is 50.2 Å². The molecule has 0 spiro atoms. The van der Waals surface area contributed by atoms with Crippen LogP contribution < -0.4 is 0 Å². The maximum absolute atomic E-state index is 13.9. The van der Waals surface area contributed by atoms with Crippen molar-refractivity contribution in [1.82, 2.24) is 4.31 Å². The van der Waals surface area contributed by atoms with Crippen LogP contribution in [0.2, 0.25) is 0 Å². The first kappa shape index (κ1) is 23.1. The Morgan fingerprint density at radius 3 is 2.23 bits per heavy atom. The smallest absolute Gasteiger partial charge is 0.416 e. The fourth-order valence-corrected chi connectivity index (χ4v) is 4.75. The molecule has 1 aliphatic heterocycles. The summed E-state index contributed by atoms with van der Waals surface area (Å²) in [5, 5.41) is 0. The Bertz CT molecular complexity index is 1050. The molecule has 1 heterocycles. The van der Waals surface area contributed by atoms with E-state index in [9.17, 15) is 35.2 Å². The zero-order valence-electron chi connectivity index (χ0n) is 16.0. The number of rotatable bonds is 5. The van der Waals surface area contributed by atoms with Gasteiger partial charge in [0, 0.05) is 13.1 Å². The second-order valence-corrected chi connectivity index (χ2v) is 8.96. The van der Waals surface area contributed by atoms with Crippen molar-refractivity contribution in [2.75, 3.05) is 13.1 Å². The minimum absolute atomic E-state index is 0.0850. The summed E-state index contributed by atoms with van der Waals surface area (Å²) in [6.45, 7) is -0.388. The van der Waals surface area contributed by atoms with Crippen LogP contribution in [-0.4, -0.2) is 31.8 Å². The van der Waals surface area contributed by atoms with Gasteiger partial charge in [0.15, 0.2) is 0 Å². The van der Waals surface area contributed by atoms with Crippen LogP contribution in [0.1, 0.15) is 24.0 Å². The van der Waals surface area contributed by atoms with Gasteiger partial charge in [-0.3, -0.25) is 4.79 Å². The van der Waals surface area contributed by atoms with Gasteiger partial charge in [0.2, 0.25) is 10.0 Å². The van der Waals surface area contributed by atoms with Crippen LogP contribution >= 0.6 is 0 Å². The number of halogens is 5. The highest BCUT2D eigenvalue weighted by Crippen LogP contribution is 2.30. The summed E-state index contributed by atoms with van der Waals surface area (Å²) >= 11 is 0. The third-order valence-electron chi connectivity index (χ3n) is 4.96. The number of alkyl halides is 3. The summed E-state index contributed by atoms with van der Waals surface area (Å²) in [4.78, 5) is 11.5. The minimum atomic E-state index is -4.46. The molecular formula is C20H18F5NO4S. The number of nitrogens with zero attached hydrogens (tertiary/aromatic N) is 1. The topological polar surface area (TPSA) is 63.7 Å². The van der Waals surface area contributed by atoms with E-state index in [4.69, 9.17) is 4.74 Å². The van der Waals surface area contributed by atoms with Crippen LogP contribution in [0.4, 0.5) is 22.0 Å². The molecule has 2 aromatic carbocycles. The molecule has 0 N–H and O–H groups in total. The predicted molar refractivity (Wildman–Crippen MR) is 99.1 cm³/mol. The fourth-order valence-electron chi connectivity index (χ4n) is 3.21. The molecule has 5 nitrogen and oxygen atoms in total. The number of hydrogen-bond donors (Lipinski definition) is 0. The number of sulfonamides is 1. The maximum atomic E-state index is 13.9. The molecule has 3 rings (SSSR count). The number of hydrogen-bond acceptors (Lipinski definition) is 4. The molecule has 31 heavy (non-hydrogen) atoms. The van der Waals surface area contributed by atoms with Gasteiger partial charge in [-0.1, -0.05) is 12.1 Å². The summed E-state index contributed by atoms with van der Waals surface area (Å²) in [7, 11) is -4.26. The van der Waals surface area contributed by atoms with Crippen LogP contribution in [0.3, 0.4) is 0 Å². The largest absolute Gasteiger partial charge is 0.461 e. The van der Waals surface area contributed by atoms with E-state index in [0.717, 1.165) is 28.6 Å². The van der Waals surface area contributed by atoms with Gasteiger partial charge >= 0.3 is 12.1 Å². The average molecular weight is 463 g/mol. The standard InChI is InChI=1S/C20H18F5NO4S/c21-16-5-6-17(22)18(11-16)31(28,29)26-9-7-14(8-10-26)19(27)30-12-13-1-3-15(4-2-13)20(23,24)25/h1-6,11,14H,7-10,12H2. The van der Waals surface area contributed by atoms with Crippen molar-refractivity contribution >= 4 is 16.0 Å². The molecular weight excluding hydrogens is 445 g/mol. The van der Waals surface area contributed by atoms with Crippen LogP contribution in [0.15, 0.2) is 47.4 Å². The SMILES string of the molecule is O=C(OCc1ccc(C(F)(F)F)cc1)C1CCN(S(=O)(=O)c2cc(F)ccc2F)CC1. The van der Waals surface area contributed by atoms with Crippen molar-refractivity contribution in [2.24, 2.45) is 5.92 Å². The molecule has 0 bridgehead atoms. The molecule has 0 saturated carbocycles. The molecule has 0 atom stereocenters. The third-order valence-corrected chi connectivity index (χ3v) is 6.87. The maximum Gasteiger partial charge on any atom is 0.416 e. The summed E-state index contributed by atoms with van der Waals surface area (Å²) in [5.74, 6) is -3.17. The fraction of sp³-hybridized carbons (Fsp3) is 0.350. The van der Waals surface area contributed by atoms with Gasteiger partial charge < -0.3 is 4.74 Å². The third kappa shape index (κ3) is 5.40. The van der Waals surface area contributed by atoms with Crippen LogP contribution in [0.25, 0.3) is 0 Å². The first-order valence-electron chi connectivity index (χ1n) is 9.26. The van der Waals surface area contributed by atoms with Gasteiger partial charge in [-0.15, -0.1) is 0 Å². The molecule has 1 fully saturated rings. The molecule has 0 aliphatic carbocycles. The van der Waals surface area contributed by atoms with Gasteiger partial charge in [0.05, 0.1) is 11.5 Å². The molecule has 0 radical (unpaired) electrons. The van der Waals surface area contributed by atoms with E-state index in [2.05, 4.69) is 0 Å². The van der Waals surface area contributed by atoms with E-state index in [1.165, 1.54) is 12.1 Å². The first-order chi connectivity index (χ1) is 14.5. The van der Waals surface area contributed by atoms with Crippen molar-refractivity contribution in [1.29, 1.82) is 0 Å². The van der Waals surface area contributed by atoms with E-state index in [1.54, 1.807) is 0 Å². The Kier molecular flexibility index (Phi) is 6.65. The molecule has 168 valence electrons. The predicted octanol–water partition coefficient (Wildman–Crippen LogP) is 4.13. The summed E-state index contributed by atoms with van der Waals surface area (Å²) in [6, 6.07) is 6.34. The van der Waals surface area contributed by atoms with Crippen molar-refractivity contribution in [3.63, 3.8) is 0 Å². The van der Waals surface area contributed by atoms with Crippen LogP contribution in [-0.2, 0) is 32.3 Å². The van der Waals surface area contributed by atoms with Gasteiger partial charge in [-0.05, 0) is 48.7 Å². The number of carbonyl (C=O) groups is 1. The van der Waals surface area contributed by atoms with Crippen molar-refractivity contribution in [2.45, 2.75) is 30.5 Å². The number of carbonyl (C=O) groups excluding carboxylic acids is 1. The quantitative estimate of drug-likeness (QED) is 0.494. The van der Waals surface area contributed by atoms with Gasteiger partial charge in [0.1, 0.15) is 23.1 Å². The van der Waals surface area contributed by atoms with Crippen LogP contribution in [0, 0.1) is 17.6 Å². The van der Waals surface area contributed by atoms with Crippen molar-refractivity contribution in [3.8, 4) is 0 Å². The highest BCUT2D eigenvalue weighted by atomic mass is 32.2. The van der Waals surface area contributed by atoms with E-state index in [-0.39, 0.29) is 32.5 Å². The average Bonchev–Trinajstić information content (AvgIpc) is 2.73. The lowest BCUT2D eigenvalue weighted by molar-refractivity contribution is -0.151. The van der Waals surface area contributed by atoms with Gasteiger partial charge in [-0.2, -0.15) is 17.5 Å².